The smallest absolute Gasteiger partial charge is 0.355 e. The number of carbonyl (C=O) groups excluding carboxylic acids is 2. The van der Waals surface area contributed by atoms with Crippen molar-refractivity contribution in [2.45, 2.75) is 32.1 Å². The standard InChI is InChI=1S/C28H27Cl3F3N3O4S/c1-3-35-27(39)25(14-18-7-5-4-6-8-18)36(16-19-9-11-21(29)23(31)13-19)26(38)17-37(42(2,40)41)24-15-20(28(32,33)34)10-12-22(24)30/h4-13,15,25H,3,14,16-17H2,1-2H3,(H,35,39)/t25-/m1/s1. The van der Waals surface area contributed by atoms with Gasteiger partial charge in [0.2, 0.25) is 21.8 Å². The number of alkyl halides is 3. The fraction of sp³-hybridized carbons (Fsp3) is 0.286. The van der Waals surface area contributed by atoms with Crippen molar-refractivity contribution in [2.75, 3.05) is 23.7 Å². The molecular formula is C28H27Cl3F3N3O4S. The van der Waals surface area contributed by atoms with E-state index in [0.717, 1.165) is 17.2 Å². The van der Waals surface area contributed by atoms with E-state index in [4.69, 9.17) is 34.8 Å². The summed E-state index contributed by atoms with van der Waals surface area (Å²) in [4.78, 5) is 28.5. The van der Waals surface area contributed by atoms with E-state index in [1.54, 1.807) is 43.3 Å². The van der Waals surface area contributed by atoms with Crippen LogP contribution in [0.1, 0.15) is 23.6 Å². The molecule has 1 N–H and O–H groups in total. The lowest BCUT2D eigenvalue weighted by molar-refractivity contribution is -0.140. The molecule has 0 saturated heterocycles. The average molecular weight is 665 g/mol. The quantitative estimate of drug-likeness (QED) is 0.264. The first-order chi connectivity index (χ1) is 19.6. The maximum atomic E-state index is 14.0. The fourth-order valence-corrected chi connectivity index (χ4v) is 5.60. The Balaban J connectivity index is 2.12. The van der Waals surface area contributed by atoms with E-state index in [2.05, 4.69) is 5.32 Å². The van der Waals surface area contributed by atoms with Crippen LogP contribution in [0.3, 0.4) is 0 Å². The number of amides is 2. The van der Waals surface area contributed by atoms with Crippen LogP contribution in [0.4, 0.5) is 18.9 Å². The second-order valence-electron chi connectivity index (χ2n) is 9.30. The van der Waals surface area contributed by atoms with Gasteiger partial charge in [-0.25, -0.2) is 8.42 Å². The predicted octanol–water partition coefficient (Wildman–Crippen LogP) is 6.21. The maximum absolute atomic E-state index is 14.0. The molecule has 0 unspecified atom stereocenters. The van der Waals surface area contributed by atoms with Crippen molar-refractivity contribution in [1.29, 1.82) is 0 Å². The molecule has 42 heavy (non-hydrogen) atoms. The topological polar surface area (TPSA) is 86.8 Å². The molecule has 3 aromatic rings. The monoisotopic (exact) mass is 663 g/mol. The van der Waals surface area contributed by atoms with Crippen molar-refractivity contribution in [1.82, 2.24) is 10.2 Å². The lowest BCUT2D eigenvalue weighted by Gasteiger charge is -2.33. The third-order valence-corrected chi connectivity index (χ3v) is 8.37. The highest BCUT2D eigenvalue weighted by atomic mass is 35.5. The van der Waals surface area contributed by atoms with Gasteiger partial charge in [-0.3, -0.25) is 13.9 Å². The summed E-state index contributed by atoms with van der Waals surface area (Å²) >= 11 is 18.4. The molecule has 0 aliphatic carbocycles. The zero-order chi connectivity index (χ0) is 31.2. The van der Waals surface area contributed by atoms with Crippen LogP contribution in [-0.2, 0) is 38.8 Å². The summed E-state index contributed by atoms with van der Waals surface area (Å²) in [5.41, 5.74) is -0.501. The van der Waals surface area contributed by atoms with Gasteiger partial charge in [0.15, 0.2) is 0 Å². The van der Waals surface area contributed by atoms with E-state index in [1.165, 1.54) is 12.1 Å². The lowest BCUT2D eigenvalue weighted by Crippen LogP contribution is -2.53. The summed E-state index contributed by atoms with van der Waals surface area (Å²) in [7, 11) is -4.34. The van der Waals surface area contributed by atoms with Crippen molar-refractivity contribution in [3.8, 4) is 0 Å². The van der Waals surface area contributed by atoms with Crippen molar-refractivity contribution >= 4 is 62.3 Å². The van der Waals surface area contributed by atoms with Gasteiger partial charge in [-0.05, 0) is 48.4 Å². The first-order valence-corrected chi connectivity index (χ1v) is 15.5. The zero-order valence-corrected chi connectivity index (χ0v) is 25.5. The number of nitrogens with zero attached hydrogens (tertiary/aromatic N) is 2. The van der Waals surface area contributed by atoms with Gasteiger partial charge in [-0.15, -0.1) is 0 Å². The van der Waals surface area contributed by atoms with E-state index < -0.39 is 51.9 Å². The molecule has 0 aromatic heterocycles. The summed E-state index contributed by atoms with van der Waals surface area (Å²) in [6.07, 6.45) is -4.00. The van der Waals surface area contributed by atoms with Crippen LogP contribution in [0, 0.1) is 0 Å². The molecule has 3 aromatic carbocycles. The summed E-state index contributed by atoms with van der Waals surface area (Å²) < 4.78 is 66.6. The Morgan fingerprint density at radius 2 is 1.55 bits per heavy atom. The largest absolute Gasteiger partial charge is 0.416 e. The highest BCUT2D eigenvalue weighted by Crippen LogP contribution is 2.36. The van der Waals surface area contributed by atoms with Gasteiger partial charge in [0.05, 0.1) is 32.6 Å². The third kappa shape index (κ3) is 8.76. The number of hydrogen-bond donors (Lipinski definition) is 1. The Morgan fingerprint density at radius 1 is 0.905 bits per heavy atom. The molecule has 0 fully saturated rings. The molecule has 0 spiro atoms. The molecule has 0 heterocycles. The molecular weight excluding hydrogens is 638 g/mol. The molecule has 0 bridgehead atoms. The molecule has 0 aliphatic heterocycles. The number of nitrogens with one attached hydrogen (secondary N) is 1. The molecule has 0 aliphatic rings. The number of carbonyl (C=O) groups is 2. The van der Waals surface area contributed by atoms with Crippen LogP contribution < -0.4 is 9.62 Å². The number of hydrogen-bond acceptors (Lipinski definition) is 4. The van der Waals surface area contributed by atoms with Crippen molar-refractivity contribution < 1.29 is 31.2 Å². The molecule has 1 atom stereocenters. The molecule has 0 radical (unpaired) electrons. The van der Waals surface area contributed by atoms with Gasteiger partial charge in [0.1, 0.15) is 12.6 Å². The van der Waals surface area contributed by atoms with Crippen LogP contribution >= 0.6 is 34.8 Å². The fourth-order valence-electron chi connectivity index (χ4n) is 4.16. The molecule has 3 rings (SSSR count). The highest BCUT2D eigenvalue weighted by molar-refractivity contribution is 7.92. The van der Waals surface area contributed by atoms with Crippen LogP contribution in [0.15, 0.2) is 66.7 Å². The molecule has 2 amide bonds. The normalized spacial score (nSPS) is 12.5. The van der Waals surface area contributed by atoms with E-state index in [1.807, 2.05) is 0 Å². The van der Waals surface area contributed by atoms with Crippen LogP contribution in [0.2, 0.25) is 15.1 Å². The Labute approximate surface area is 257 Å². The van der Waals surface area contributed by atoms with E-state index in [9.17, 15) is 31.2 Å². The number of benzene rings is 3. The Kier molecular flexibility index (Phi) is 11.2. The number of anilines is 1. The summed E-state index contributed by atoms with van der Waals surface area (Å²) in [6.45, 7) is 0.808. The van der Waals surface area contributed by atoms with Crippen LogP contribution in [0.25, 0.3) is 0 Å². The number of rotatable bonds is 11. The first-order valence-electron chi connectivity index (χ1n) is 12.5. The third-order valence-electron chi connectivity index (χ3n) is 6.18. The van der Waals surface area contributed by atoms with Gasteiger partial charge in [-0.2, -0.15) is 13.2 Å². The van der Waals surface area contributed by atoms with E-state index in [0.29, 0.717) is 27.6 Å². The van der Waals surface area contributed by atoms with E-state index >= 15 is 0 Å². The summed E-state index contributed by atoms with van der Waals surface area (Å²) in [5, 5.41) is 2.82. The molecule has 0 saturated carbocycles. The molecule has 226 valence electrons. The number of likely N-dealkylation sites (N-methyl/N-ethyl adjacent to an activating group) is 1. The predicted molar refractivity (Wildman–Crippen MR) is 158 cm³/mol. The summed E-state index contributed by atoms with van der Waals surface area (Å²) in [5.74, 6) is -1.38. The van der Waals surface area contributed by atoms with Gasteiger partial charge in [-0.1, -0.05) is 71.2 Å². The highest BCUT2D eigenvalue weighted by Gasteiger charge is 2.35. The first kappa shape index (κ1) is 33.5. The number of halogens is 6. The van der Waals surface area contributed by atoms with Gasteiger partial charge in [0.25, 0.3) is 0 Å². The van der Waals surface area contributed by atoms with Crippen molar-refractivity contribution in [2.24, 2.45) is 0 Å². The van der Waals surface area contributed by atoms with Gasteiger partial charge < -0.3 is 10.2 Å². The lowest BCUT2D eigenvalue weighted by atomic mass is 10.0. The van der Waals surface area contributed by atoms with Crippen LogP contribution in [0.5, 0.6) is 0 Å². The number of sulfonamides is 1. The van der Waals surface area contributed by atoms with Gasteiger partial charge in [0, 0.05) is 19.5 Å². The minimum atomic E-state index is -4.80. The second-order valence-corrected chi connectivity index (χ2v) is 12.4. The van der Waals surface area contributed by atoms with Gasteiger partial charge >= 0.3 is 6.18 Å². The minimum Gasteiger partial charge on any atom is -0.355 e. The van der Waals surface area contributed by atoms with E-state index in [-0.39, 0.29) is 34.6 Å². The average Bonchev–Trinajstić information content (AvgIpc) is 2.91. The Hall–Kier alpha value is -2.99. The second kappa shape index (κ2) is 14.0. The van der Waals surface area contributed by atoms with Crippen molar-refractivity contribution in [3.63, 3.8) is 0 Å². The Bertz CT molecular complexity index is 1540. The minimum absolute atomic E-state index is 0.0585. The maximum Gasteiger partial charge on any atom is 0.416 e. The molecule has 7 nitrogen and oxygen atoms in total. The summed E-state index contributed by atoms with van der Waals surface area (Å²) in [6, 6.07) is 14.5. The Morgan fingerprint density at radius 3 is 2.12 bits per heavy atom. The molecule has 14 heteroatoms. The zero-order valence-electron chi connectivity index (χ0n) is 22.5. The van der Waals surface area contributed by atoms with Crippen LogP contribution in [-0.4, -0.2) is 50.5 Å². The SMILES string of the molecule is CCNC(=O)[C@@H](Cc1ccccc1)N(Cc1ccc(Cl)c(Cl)c1)C(=O)CN(c1cc(C(F)(F)F)ccc1Cl)S(C)(=O)=O. The van der Waals surface area contributed by atoms with Crippen molar-refractivity contribution in [3.05, 3.63) is 98.5 Å².